The Morgan fingerprint density at radius 1 is 1.24 bits per heavy atom. The van der Waals surface area contributed by atoms with Crippen molar-refractivity contribution < 1.29 is 23.9 Å². The number of hydrogen-bond acceptors (Lipinski definition) is 5. The monoisotopic (exact) mass is 399 g/mol. The van der Waals surface area contributed by atoms with Gasteiger partial charge in [0.2, 0.25) is 5.91 Å². The van der Waals surface area contributed by atoms with Crippen LogP contribution < -0.4 is 10.2 Å². The summed E-state index contributed by atoms with van der Waals surface area (Å²) in [5.41, 5.74) is 3.06. The van der Waals surface area contributed by atoms with E-state index >= 15 is 0 Å². The molecule has 1 fully saturated rings. The number of nitrogens with zero attached hydrogens (tertiary/aromatic N) is 1. The first-order chi connectivity index (χ1) is 13.9. The van der Waals surface area contributed by atoms with Gasteiger partial charge in [-0.2, -0.15) is 0 Å². The molecular weight excluding hydrogens is 374 g/mol. The molecule has 0 aliphatic carbocycles. The van der Waals surface area contributed by atoms with Gasteiger partial charge in [-0.05, 0) is 44.0 Å². The molecule has 0 atom stereocenters. The number of aryl methyl sites for hydroxylation is 1. The lowest BCUT2D eigenvalue weighted by atomic mass is 10.1. The number of ether oxygens (including phenoxy) is 2. The van der Waals surface area contributed by atoms with Crippen molar-refractivity contribution in [2.75, 3.05) is 37.1 Å². The standard InChI is InChI=1S/C21H25N3O5/c1-13-18(21(27)29-11-10-28-3)14(2)22-19(13)20(26)23-15-6-4-7-16(12-15)24-9-5-8-17(24)25/h4,6-7,12,22H,5,8-11H2,1-3H3,(H,23,26). The molecule has 2 N–H and O–H groups in total. The van der Waals surface area contributed by atoms with Crippen LogP contribution in [0.3, 0.4) is 0 Å². The minimum Gasteiger partial charge on any atom is -0.460 e. The van der Waals surface area contributed by atoms with Gasteiger partial charge in [-0.15, -0.1) is 0 Å². The highest BCUT2D eigenvalue weighted by Crippen LogP contribution is 2.25. The predicted octanol–water partition coefficient (Wildman–Crippen LogP) is 2.81. The van der Waals surface area contributed by atoms with E-state index in [0.29, 0.717) is 47.8 Å². The molecule has 0 bridgehead atoms. The maximum absolute atomic E-state index is 12.8. The van der Waals surface area contributed by atoms with Gasteiger partial charge >= 0.3 is 5.97 Å². The Morgan fingerprint density at radius 3 is 2.72 bits per heavy atom. The van der Waals surface area contributed by atoms with Gasteiger partial charge < -0.3 is 24.7 Å². The minimum absolute atomic E-state index is 0.0842. The predicted molar refractivity (Wildman–Crippen MR) is 108 cm³/mol. The van der Waals surface area contributed by atoms with Crippen molar-refractivity contribution in [2.45, 2.75) is 26.7 Å². The largest absolute Gasteiger partial charge is 0.460 e. The highest BCUT2D eigenvalue weighted by atomic mass is 16.6. The zero-order valence-electron chi connectivity index (χ0n) is 16.8. The number of H-pyrrole nitrogens is 1. The average Bonchev–Trinajstić information content (AvgIpc) is 3.24. The molecule has 2 aromatic rings. The molecule has 8 nitrogen and oxygen atoms in total. The Bertz CT molecular complexity index is 934. The van der Waals surface area contributed by atoms with Crippen LogP contribution in [0.4, 0.5) is 11.4 Å². The summed E-state index contributed by atoms with van der Waals surface area (Å²) in [4.78, 5) is 41.7. The lowest BCUT2D eigenvalue weighted by molar-refractivity contribution is -0.117. The van der Waals surface area contributed by atoms with E-state index in [1.807, 2.05) is 6.07 Å². The summed E-state index contributed by atoms with van der Waals surface area (Å²) < 4.78 is 10.0. The molecule has 154 valence electrons. The fourth-order valence-electron chi connectivity index (χ4n) is 3.44. The Kier molecular flexibility index (Phi) is 6.33. The van der Waals surface area contributed by atoms with Crippen LogP contribution in [-0.4, -0.2) is 49.6 Å². The Labute approximate surface area is 169 Å². The number of aromatic nitrogens is 1. The Balaban J connectivity index is 1.75. The normalized spacial score (nSPS) is 13.6. The molecule has 1 aliphatic rings. The third-order valence-electron chi connectivity index (χ3n) is 4.88. The van der Waals surface area contributed by atoms with E-state index in [1.165, 1.54) is 7.11 Å². The van der Waals surface area contributed by atoms with Gasteiger partial charge in [-0.3, -0.25) is 9.59 Å². The molecule has 2 heterocycles. The van der Waals surface area contributed by atoms with Crippen LogP contribution in [0.2, 0.25) is 0 Å². The van der Waals surface area contributed by atoms with Gasteiger partial charge in [0.15, 0.2) is 0 Å². The number of esters is 1. The summed E-state index contributed by atoms with van der Waals surface area (Å²) in [6.45, 7) is 4.54. The second kappa shape index (κ2) is 8.91. The van der Waals surface area contributed by atoms with E-state index in [4.69, 9.17) is 9.47 Å². The summed E-state index contributed by atoms with van der Waals surface area (Å²) in [5.74, 6) is -0.783. The van der Waals surface area contributed by atoms with Gasteiger partial charge in [0.05, 0.1) is 12.2 Å². The fraction of sp³-hybridized carbons (Fsp3) is 0.381. The first-order valence-corrected chi connectivity index (χ1v) is 9.49. The topological polar surface area (TPSA) is 101 Å². The van der Waals surface area contributed by atoms with Crippen LogP contribution in [-0.2, 0) is 14.3 Å². The summed E-state index contributed by atoms with van der Waals surface area (Å²) in [6, 6.07) is 7.16. The Morgan fingerprint density at radius 2 is 2.03 bits per heavy atom. The van der Waals surface area contributed by atoms with Crippen LogP contribution in [0.5, 0.6) is 0 Å². The van der Waals surface area contributed by atoms with Crippen molar-refractivity contribution in [3.05, 3.63) is 46.8 Å². The fourth-order valence-corrected chi connectivity index (χ4v) is 3.44. The third kappa shape index (κ3) is 4.48. The van der Waals surface area contributed by atoms with E-state index in [1.54, 1.807) is 36.9 Å². The van der Waals surface area contributed by atoms with Crippen LogP contribution in [0.15, 0.2) is 24.3 Å². The van der Waals surface area contributed by atoms with Crippen molar-refractivity contribution in [2.24, 2.45) is 0 Å². The smallest absolute Gasteiger partial charge is 0.340 e. The van der Waals surface area contributed by atoms with Crippen molar-refractivity contribution in [1.29, 1.82) is 0 Å². The highest BCUT2D eigenvalue weighted by molar-refractivity contribution is 6.07. The maximum atomic E-state index is 12.8. The van der Waals surface area contributed by atoms with Gasteiger partial charge in [-0.1, -0.05) is 6.07 Å². The molecular formula is C21H25N3O5. The number of anilines is 2. The number of methoxy groups -OCH3 is 1. The van der Waals surface area contributed by atoms with Gasteiger partial charge in [0, 0.05) is 37.1 Å². The number of amides is 2. The summed E-state index contributed by atoms with van der Waals surface area (Å²) in [5, 5.41) is 2.83. The molecule has 2 amide bonds. The molecule has 0 saturated carbocycles. The van der Waals surface area contributed by atoms with Crippen LogP contribution in [0.1, 0.15) is 44.9 Å². The van der Waals surface area contributed by atoms with Gasteiger partial charge in [0.25, 0.3) is 5.91 Å². The molecule has 0 spiro atoms. The van der Waals surface area contributed by atoms with Crippen LogP contribution in [0.25, 0.3) is 0 Å². The first kappa shape index (κ1) is 20.6. The van der Waals surface area contributed by atoms with Crippen molar-refractivity contribution >= 4 is 29.2 Å². The summed E-state index contributed by atoms with van der Waals surface area (Å²) >= 11 is 0. The van der Waals surface area contributed by atoms with Crippen molar-refractivity contribution in [1.82, 2.24) is 4.98 Å². The second-order valence-corrected chi connectivity index (χ2v) is 6.91. The number of nitrogens with one attached hydrogen (secondary N) is 2. The molecule has 0 unspecified atom stereocenters. The zero-order chi connectivity index (χ0) is 21.0. The highest BCUT2D eigenvalue weighted by Gasteiger charge is 2.24. The van der Waals surface area contributed by atoms with E-state index in [0.717, 1.165) is 12.1 Å². The second-order valence-electron chi connectivity index (χ2n) is 6.91. The molecule has 8 heteroatoms. The molecule has 3 rings (SSSR count). The summed E-state index contributed by atoms with van der Waals surface area (Å²) in [7, 11) is 1.53. The SMILES string of the molecule is COCCOC(=O)c1c(C)[nH]c(C(=O)Nc2cccc(N3CCCC3=O)c2)c1C. The number of carbonyl (C=O) groups excluding carboxylic acids is 3. The molecule has 0 radical (unpaired) electrons. The number of benzene rings is 1. The zero-order valence-corrected chi connectivity index (χ0v) is 16.8. The van der Waals surface area contributed by atoms with E-state index in [2.05, 4.69) is 10.3 Å². The molecule has 29 heavy (non-hydrogen) atoms. The van der Waals surface area contributed by atoms with Crippen LogP contribution in [0, 0.1) is 13.8 Å². The van der Waals surface area contributed by atoms with E-state index < -0.39 is 5.97 Å². The minimum atomic E-state index is -0.498. The van der Waals surface area contributed by atoms with E-state index in [9.17, 15) is 14.4 Å². The van der Waals surface area contributed by atoms with Gasteiger partial charge in [0.1, 0.15) is 12.3 Å². The molecule has 1 saturated heterocycles. The number of aromatic amines is 1. The lowest BCUT2D eigenvalue weighted by Gasteiger charge is -2.16. The average molecular weight is 399 g/mol. The van der Waals surface area contributed by atoms with Crippen molar-refractivity contribution in [3.63, 3.8) is 0 Å². The number of rotatable bonds is 7. The molecule has 1 aromatic heterocycles. The number of carbonyl (C=O) groups is 3. The maximum Gasteiger partial charge on any atom is 0.340 e. The third-order valence-corrected chi connectivity index (χ3v) is 4.88. The summed E-state index contributed by atoms with van der Waals surface area (Å²) in [6.07, 6.45) is 1.38. The molecule has 1 aliphatic heterocycles. The first-order valence-electron chi connectivity index (χ1n) is 9.49. The van der Waals surface area contributed by atoms with Crippen molar-refractivity contribution in [3.8, 4) is 0 Å². The van der Waals surface area contributed by atoms with E-state index in [-0.39, 0.29) is 18.4 Å². The van der Waals surface area contributed by atoms with Crippen LogP contribution >= 0.6 is 0 Å². The molecule has 1 aromatic carbocycles. The quantitative estimate of drug-likeness (QED) is 0.551. The number of hydrogen-bond donors (Lipinski definition) is 2. The van der Waals surface area contributed by atoms with Gasteiger partial charge in [-0.25, -0.2) is 4.79 Å². The Hall–Kier alpha value is -3.13. The lowest BCUT2D eigenvalue weighted by Crippen LogP contribution is -2.23.